The maximum absolute atomic E-state index is 3.27. The molecule has 76 valence electrons. The minimum atomic E-state index is 1.21. The highest BCUT2D eigenvalue weighted by molar-refractivity contribution is 5.71. The molecule has 0 atom stereocenters. The van der Waals surface area contributed by atoms with E-state index >= 15 is 0 Å². The molecule has 0 aliphatic carbocycles. The minimum absolute atomic E-state index is 1.21. The summed E-state index contributed by atoms with van der Waals surface area (Å²) in [6.07, 6.45) is 2.66. The second kappa shape index (κ2) is 3.91. The third kappa shape index (κ3) is 1.69. The summed E-state index contributed by atoms with van der Waals surface area (Å²) < 4.78 is 0. The molecule has 1 aliphatic heterocycles. The summed E-state index contributed by atoms with van der Waals surface area (Å²) in [5, 5.41) is 3.27. The molecule has 1 aromatic rings. The van der Waals surface area contributed by atoms with Crippen molar-refractivity contribution in [3.8, 4) is 0 Å². The standard InChI is InChI=1S/C12H18N2/c1-10-5-6-12(11(9-10)13-2)14-7-3-4-8-14/h5-6,9,13H,3-4,7-8H2,1-2H3. The summed E-state index contributed by atoms with van der Waals surface area (Å²) in [7, 11) is 1.99. The molecule has 1 N–H and O–H groups in total. The molecule has 0 bridgehead atoms. The van der Waals surface area contributed by atoms with Crippen molar-refractivity contribution in [2.75, 3.05) is 30.4 Å². The van der Waals surface area contributed by atoms with Crippen molar-refractivity contribution in [1.82, 2.24) is 0 Å². The second-order valence-corrected chi connectivity index (χ2v) is 3.96. The average Bonchev–Trinajstić information content (AvgIpc) is 2.70. The van der Waals surface area contributed by atoms with E-state index in [2.05, 4.69) is 35.3 Å². The first-order valence-corrected chi connectivity index (χ1v) is 5.34. The van der Waals surface area contributed by atoms with Gasteiger partial charge in [-0.25, -0.2) is 0 Å². The van der Waals surface area contributed by atoms with E-state index in [4.69, 9.17) is 0 Å². The predicted octanol–water partition coefficient (Wildman–Crippen LogP) is 2.64. The lowest BCUT2D eigenvalue weighted by Crippen LogP contribution is -2.18. The van der Waals surface area contributed by atoms with Crippen LogP contribution in [0.4, 0.5) is 11.4 Å². The lowest BCUT2D eigenvalue weighted by Gasteiger charge is -2.21. The number of hydrogen-bond acceptors (Lipinski definition) is 2. The maximum Gasteiger partial charge on any atom is 0.0602 e. The number of anilines is 2. The molecule has 0 spiro atoms. The largest absolute Gasteiger partial charge is 0.386 e. The first-order chi connectivity index (χ1) is 6.81. The Morgan fingerprint density at radius 3 is 2.57 bits per heavy atom. The highest BCUT2D eigenvalue weighted by Crippen LogP contribution is 2.29. The van der Waals surface area contributed by atoms with Crippen molar-refractivity contribution in [2.45, 2.75) is 19.8 Å². The molecule has 14 heavy (non-hydrogen) atoms. The Bertz CT molecular complexity index is 314. The Hall–Kier alpha value is -1.18. The van der Waals surface area contributed by atoms with E-state index in [1.165, 1.54) is 42.9 Å². The van der Waals surface area contributed by atoms with Gasteiger partial charge in [-0.1, -0.05) is 6.07 Å². The highest BCUT2D eigenvalue weighted by atomic mass is 15.2. The van der Waals surface area contributed by atoms with Crippen LogP contribution >= 0.6 is 0 Å². The number of nitrogens with one attached hydrogen (secondary N) is 1. The molecular formula is C12H18N2. The predicted molar refractivity (Wildman–Crippen MR) is 62.2 cm³/mol. The van der Waals surface area contributed by atoms with Crippen LogP contribution in [0.15, 0.2) is 18.2 Å². The van der Waals surface area contributed by atoms with Gasteiger partial charge in [-0.3, -0.25) is 0 Å². The monoisotopic (exact) mass is 190 g/mol. The summed E-state index contributed by atoms with van der Waals surface area (Å²) in [5.74, 6) is 0. The van der Waals surface area contributed by atoms with Crippen LogP contribution in [0.3, 0.4) is 0 Å². The van der Waals surface area contributed by atoms with Crippen LogP contribution in [0.5, 0.6) is 0 Å². The topological polar surface area (TPSA) is 15.3 Å². The molecule has 1 heterocycles. The molecule has 0 aromatic heterocycles. The van der Waals surface area contributed by atoms with E-state index < -0.39 is 0 Å². The van der Waals surface area contributed by atoms with Crippen LogP contribution in [0.1, 0.15) is 18.4 Å². The van der Waals surface area contributed by atoms with Crippen LogP contribution < -0.4 is 10.2 Å². The Labute approximate surface area is 85.9 Å². The summed E-state index contributed by atoms with van der Waals surface area (Å²) in [6.45, 7) is 4.55. The molecule has 0 unspecified atom stereocenters. The van der Waals surface area contributed by atoms with Crippen molar-refractivity contribution in [2.24, 2.45) is 0 Å². The van der Waals surface area contributed by atoms with E-state index in [1.54, 1.807) is 0 Å². The van der Waals surface area contributed by atoms with Crippen LogP contribution in [0.2, 0.25) is 0 Å². The fourth-order valence-electron chi connectivity index (χ4n) is 2.08. The van der Waals surface area contributed by atoms with E-state index in [0.29, 0.717) is 0 Å². The summed E-state index contributed by atoms with van der Waals surface area (Å²) in [4.78, 5) is 2.46. The molecule has 0 saturated carbocycles. The van der Waals surface area contributed by atoms with Gasteiger partial charge in [-0.05, 0) is 37.5 Å². The molecule has 0 amide bonds. The minimum Gasteiger partial charge on any atom is -0.386 e. The average molecular weight is 190 g/mol. The van der Waals surface area contributed by atoms with Crippen molar-refractivity contribution in [3.63, 3.8) is 0 Å². The van der Waals surface area contributed by atoms with Gasteiger partial charge in [0.25, 0.3) is 0 Å². The molecule has 0 radical (unpaired) electrons. The zero-order valence-corrected chi connectivity index (χ0v) is 9.01. The number of nitrogens with zero attached hydrogens (tertiary/aromatic N) is 1. The Balaban J connectivity index is 2.31. The van der Waals surface area contributed by atoms with Crippen LogP contribution in [-0.4, -0.2) is 20.1 Å². The van der Waals surface area contributed by atoms with Crippen LogP contribution in [0.25, 0.3) is 0 Å². The molecule has 1 aromatic carbocycles. The molecule has 2 rings (SSSR count). The summed E-state index contributed by atoms with van der Waals surface area (Å²) in [6, 6.07) is 6.63. The van der Waals surface area contributed by atoms with Gasteiger partial charge in [-0.15, -0.1) is 0 Å². The van der Waals surface area contributed by atoms with Gasteiger partial charge in [-0.2, -0.15) is 0 Å². The van der Waals surface area contributed by atoms with Crippen molar-refractivity contribution in [3.05, 3.63) is 23.8 Å². The molecule has 1 saturated heterocycles. The SMILES string of the molecule is CNc1cc(C)ccc1N1CCCC1. The molecule has 1 fully saturated rings. The lowest BCUT2D eigenvalue weighted by molar-refractivity contribution is 0.949. The fraction of sp³-hybridized carbons (Fsp3) is 0.500. The zero-order valence-electron chi connectivity index (χ0n) is 9.01. The Kier molecular flexibility index (Phi) is 2.62. The van der Waals surface area contributed by atoms with Gasteiger partial charge in [0.1, 0.15) is 0 Å². The van der Waals surface area contributed by atoms with Crippen LogP contribution in [-0.2, 0) is 0 Å². The van der Waals surface area contributed by atoms with Gasteiger partial charge in [0.05, 0.1) is 11.4 Å². The lowest BCUT2D eigenvalue weighted by atomic mass is 10.2. The number of hydrogen-bond donors (Lipinski definition) is 1. The van der Waals surface area contributed by atoms with Gasteiger partial charge in [0.2, 0.25) is 0 Å². The van der Waals surface area contributed by atoms with Gasteiger partial charge >= 0.3 is 0 Å². The van der Waals surface area contributed by atoms with E-state index in [9.17, 15) is 0 Å². The highest BCUT2D eigenvalue weighted by Gasteiger charge is 2.14. The summed E-state index contributed by atoms with van der Waals surface area (Å²) >= 11 is 0. The number of rotatable bonds is 2. The van der Waals surface area contributed by atoms with E-state index in [1.807, 2.05) is 7.05 Å². The van der Waals surface area contributed by atoms with Gasteiger partial charge < -0.3 is 10.2 Å². The first-order valence-electron chi connectivity index (χ1n) is 5.34. The van der Waals surface area contributed by atoms with Crippen LogP contribution in [0, 0.1) is 6.92 Å². The summed E-state index contributed by atoms with van der Waals surface area (Å²) in [5.41, 5.74) is 3.93. The fourth-order valence-corrected chi connectivity index (χ4v) is 2.08. The quantitative estimate of drug-likeness (QED) is 0.771. The third-order valence-corrected chi connectivity index (χ3v) is 2.87. The smallest absolute Gasteiger partial charge is 0.0602 e. The Morgan fingerprint density at radius 2 is 1.93 bits per heavy atom. The molecule has 2 nitrogen and oxygen atoms in total. The normalized spacial score (nSPS) is 16.0. The zero-order chi connectivity index (χ0) is 9.97. The van der Waals surface area contributed by atoms with Crippen molar-refractivity contribution < 1.29 is 0 Å². The third-order valence-electron chi connectivity index (χ3n) is 2.87. The molecule has 1 aliphatic rings. The van der Waals surface area contributed by atoms with E-state index in [0.717, 1.165) is 0 Å². The molecular weight excluding hydrogens is 172 g/mol. The number of benzene rings is 1. The first kappa shape index (κ1) is 9.38. The second-order valence-electron chi connectivity index (χ2n) is 3.96. The van der Waals surface area contributed by atoms with Gasteiger partial charge in [0, 0.05) is 20.1 Å². The van der Waals surface area contributed by atoms with Gasteiger partial charge in [0.15, 0.2) is 0 Å². The van der Waals surface area contributed by atoms with Crippen molar-refractivity contribution >= 4 is 11.4 Å². The van der Waals surface area contributed by atoms with E-state index in [-0.39, 0.29) is 0 Å². The molecule has 2 heteroatoms. The maximum atomic E-state index is 3.27. The number of aryl methyl sites for hydroxylation is 1. The van der Waals surface area contributed by atoms with Crippen molar-refractivity contribution in [1.29, 1.82) is 0 Å². The Morgan fingerprint density at radius 1 is 1.21 bits per heavy atom.